The average Bonchev–Trinajstić information content (AvgIpc) is 2.65. The van der Waals surface area contributed by atoms with Crippen molar-refractivity contribution < 1.29 is 13.5 Å². The number of alkyl halides is 2. The van der Waals surface area contributed by atoms with Crippen LogP contribution in [0, 0.1) is 5.92 Å². The molecular weight excluding hydrogens is 150 g/mol. The molecule has 0 N–H and O–H groups in total. The Balaban J connectivity index is 2.19. The molecule has 1 saturated carbocycles. The molecule has 62 valence electrons. The second-order valence-corrected chi connectivity index (χ2v) is 3.21. The van der Waals surface area contributed by atoms with Gasteiger partial charge in [0.1, 0.15) is 0 Å². The highest BCUT2D eigenvalue weighted by Gasteiger charge is 2.52. The molecule has 0 aromatic rings. The summed E-state index contributed by atoms with van der Waals surface area (Å²) in [5, 5.41) is 0. The van der Waals surface area contributed by atoms with E-state index in [2.05, 4.69) is 4.74 Å². The lowest BCUT2D eigenvalue weighted by molar-refractivity contribution is -0.0431. The van der Waals surface area contributed by atoms with E-state index in [9.17, 15) is 8.78 Å². The van der Waals surface area contributed by atoms with Gasteiger partial charge in [0, 0.05) is 6.42 Å². The van der Waals surface area contributed by atoms with Gasteiger partial charge in [-0.25, -0.2) is 0 Å². The first kappa shape index (κ1) is 7.07. The number of hydrogen-bond acceptors (Lipinski definition) is 1. The third-order valence-corrected chi connectivity index (χ3v) is 2.31. The van der Waals surface area contributed by atoms with E-state index in [0.717, 1.165) is 18.4 Å². The van der Waals surface area contributed by atoms with Crippen LogP contribution in [0.15, 0.2) is 11.3 Å². The Morgan fingerprint density at radius 2 is 2.09 bits per heavy atom. The Bertz CT molecular complexity index is 216. The van der Waals surface area contributed by atoms with Crippen molar-refractivity contribution in [2.75, 3.05) is 7.11 Å². The summed E-state index contributed by atoms with van der Waals surface area (Å²) >= 11 is 0. The van der Waals surface area contributed by atoms with Crippen LogP contribution >= 0.6 is 0 Å². The number of allylic oxidation sites excluding steroid dienone is 2. The number of halogens is 2. The largest absolute Gasteiger partial charge is 0.495 e. The zero-order valence-corrected chi connectivity index (χ0v) is 6.36. The molecule has 2 aliphatic carbocycles. The van der Waals surface area contributed by atoms with Crippen molar-refractivity contribution in [2.24, 2.45) is 5.92 Å². The van der Waals surface area contributed by atoms with Crippen LogP contribution in [0.25, 0.3) is 0 Å². The topological polar surface area (TPSA) is 9.23 Å². The molecule has 0 unspecified atom stereocenters. The first-order chi connectivity index (χ1) is 5.15. The van der Waals surface area contributed by atoms with Gasteiger partial charge in [-0.3, -0.25) is 0 Å². The summed E-state index contributed by atoms with van der Waals surface area (Å²) in [4.78, 5) is 0. The Morgan fingerprint density at radius 1 is 1.45 bits per heavy atom. The molecule has 0 aliphatic heterocycles. The molecule has 3 heteroatoms. The van der Waals surface area contributed by atoms with Crippen molar-refractivity contribution in [3.8, 4) is 0 Å². The van der Waals surface area contributed by atoms with Gasteiger partial charge in [-0.05, 0) is 24.3 Å². The molecular formula is C8H10F2O. The van der Waals surface area contributed by atoms with Crippen LogP contribution in [-0.2, 0) is 4.74 Å². The van der Waals surface area contributed by atoms with Crippen LogP contribution in [-0.4, -0.2) is 13.0 Å². The van der Waals surface area contributed by atoms with Gasteiger partial charge in [-0.2, -0.15) is 8.78 Å². The smallest absolute Gasteiger partial charge is 0.307 e. The van der Waals surface area contributed by atoms with Crippen LogP contribution < -0.4 is 0 Å². The Kier molecular flexibility index (Phi) is 1.26. The molecule has 2 rings (SSSR count). The van der Waals surface area contributed by atoms with Gasteiger partial charge in [-0.15, -0.1) is 0 Å². The number of ether oxygens (including phenoxy) is 1. The fraction of sp³-hybridized carbons (Fsp3) is 0.750. The molecule has 0 aromatic carbocycles. The van der Waals surface area contributed by atoms with Crippen LogP contribution in [0.3, 0.4) is 0 Å². The monoisotopic (exact) mass is 160 g/mol. The summed E-state index contributed by atoms with van der Waals surface area (Å²) in [5.74, 6) is -2.29. The maximum Gasteiger partial charge on any atom is 0.307 e. The second kappa shape index (κ2) is 1.96. The summed E-state index contributed by atoms with van der Waals surface area (Å²) in [6, 6.07) is 0. The van der Waals surface area contributed by atoms with Crippen LogP contribution in [0.2, 0.25) is 0 Å². The van der Waals surface area contributed by atoms with Crippen molar-refractivity contribution in [3.05, 3.63) is 11.3 Å². The first-order valence-corrected chi connectivity index (χ1v) is 3.80. The van der Waals surface area contributed by atoms with Gasteiger partial charge in [0.15, 0.2) is 5.76 Å². The van der Waals surface area contributed by atoms with Gasteiger partial charge < -0.3 is 4.74 Å². The summed E-state index contributed by atoms with van der Waals surface area (Å²) in [5.41, 5.74) is 0.859. The molecule has 0 spiro atoms. The minimum Gasteiger partial charge on any atom is -0.495 e. The Labute approximate surface area is 64.0 Å². The summed E-state index contributed by atoms with van der Waals surface area (Å²) in [6.45, 7) is 0. The van der Waals surface area contributed by atoms with E-state index in [-0.39, 0.29) is 12.2 Å². The lowest BCUT2D eigenvalue weighted by Gasteiger charge is -2.31. The maximum absolute atomic E-state index is 12.7. The highest BCUT2D eigenvalue weighted by Crippen LogP contribution is 2.53. The molecule has 0 saturated heterocycles. The van der Waals surface area contributed by atoms with E-state index in [1.807, 2.05) is 0 Å². The number of hydrogen-bond donors (Lipinski definition) is 0. The normalized spacial score (nSPS) is 28.3. The van der Waals surface area contributed by atoms with Crippen molar-refractivity contribution in [1.82, 2.24) is 0 Å². The molecule has 0 heterocycles. The molecule has 0 bridgehead atoms. The molecule has 2 aliphatic rings. The second-order valence-electron chi connectivity index (χ2n) is 3.21. The Hall–Kier alpha value is -0.600. The minimum atomic E-state index is -2.66. The van der Waals surface area contributed by atoms with Crippen molar-refractivity contribution >= 4 is 0 Å². The summed E-state index contributed by atoms with van der Waals surface area (Å²) in [7, 11) is 1.32. The van der Waals surface area contributed by atoms with Gasteiger partial charge in [0.25, 0.3) is 0 Å². The quantitative estimate of drug-likeness (QED) is 0.602. The third-order valence-electron chi connectivity index (χ3n) is 2.31. The van der Waals surface area contributed by atoms with E-state index in [1.54, 1.807) is 0 Å². The highest BCUT2D eigenvalue weighted by molar-refractivity contribution is 5.33. The highest BCUT2D eigenvalue weighted by atomic mass is 19.3. The summed E-state index contributed by atoms with van der Waals surface area (Å²) in [6.07, 6.45) is 2.07. The van der Waals surface area contributed by atoms with E-state index < -0.39 is 5.92 Å². The minimum absolute atomic E-state index is 0.0556. The van der Waals surface area contributed by atoms with Crippen LogP contribution in [0.5, 0.6) is 0 Å². The SMILES string of the molecule is COC1=C(C2CC2)CC1(F)F. The van der Waals surface area contributed by atoms with Gasteiger partial charge in [0.2, 0.25) is 0 Å². The average molecular weight is 160 g/mol. The van der Waals surface area contributed by atoms with E-state index in [4.69, 9.17) is 0 Å². The fourth-order valence-corrected chi connectivity index (χ4v) is 1.57. The molecule has 1 fully saturated rings. The summed E-state index contributed by atoms with van der Waals surface area (Å²) < 4.78 is 30.0. The molecule has 0 amide bonds. The van der Waals surface area contributed by atoms with E-state index in [1.165, 1.54) is 7.11 Å². The number of rotatable bonds is 2. The molecule has 0 radical (unpaired) electrons. The molecule has 0 aromatic heterocycles. The zero-order valence-electron chi connectivity index (χ0n) is 6.36. The van der Waals surface area contributed by atoms with Crippen LogP contribution in [0.4, 0.5) is 8.78 Å². The Morgan fingerprint density at radius 3 is 2.45 bits per heavy atom. The van der Waals surface area contributed by atoms with Gasteiger partial charge in [0.05, 0.1) is 7.11 Å². The molecule has 11 heavy (non-hydrogen) atoms. The standard InChI is InChI=1S/C8H10F2O/c1-11-7-6(5-2-3-5)4-8(7,9)10/h5H,2-4H2,1H3. The van der Waals surface area contributed by atoms with Gasteiger partial charge in [-0.1, -0.05) is 0 Å². The first-order valence-electron chi connectivity index (χ1n) is 3.80. The fourth-order valence-electron chi connectivity index (χ4n) is 1.57. The van der Waals surface area contributed by atoms with E-state index in [0.29, 0.717) is 5.92 Å². The molecule has 1 nitrogen and oxygen atoms in total. The van der Waals surface area contributed by atoms with E-state index >= 15 is 0 Å². The zero-order chi connectivity index (χ0) is 8.06. The lowest BCUT2D eigenvalue weighted by Crippen LogP contribution is -2.33. The van der Waals surface area contributed by atoms with Crippen LogP contribution in [0.1, 0.15) is 19.3 Å². The molecule has 0 atom stereocenters. The third kappa shape index (κ3) is 0.940. The van der Waals surface area contributed by atoms with Crippen molar-refractivity contribution in [1.29, 1.82) is 0 Å². The van der Waals surface area contributed by atoms with Crippen molar-refractivity contribution in [3.63, 3.8) is 0 Å². The number of methoxy groups -OCH3 is 1. The van der Waals surface area contributed by atoms with Crippen molar-refractivity contribution in [2.45, 2.75) is 25.2 Å². The predicted octanol–water partition coefficient (Wildman–Crippen LogP) is 2.34. The maximum atomic E-state index is 12.7. The van der Waals surface area contributed by atoms with Gasteiger partial charge >= 0.3 is 5.92 Å². The predicted molar refractivity (Wildman–Crippen MR) is 36.3 cm³/mol. The lowest BCUT2D eigenvalue weighted by atomic mass is 9.88.